The van der Waals surface area contributed by atoms with Crippen LogP contribution in [0.1, 0.15) is 10.5 Å². The van der Waals surface area contributed by atoms with Crippen LogP contribution in [0.3, 0.4) is 0 Å². The molecule has 0 aliphatic heterocycles. The first kappa shape index (κ1) is 7.67. The number of rotatable bonds is 3. The summed E-state index contributed by atoms with van der Waals surface area (Å²) in [5, 5.41) is 17.8. The Balaban J connectivity index is 2.59. The molecule has 1 rings (SSSR count). The summed E-state index contributed by atoms with van der Waals surface area (Å²) < 4.78 is -0.00505. The molecular weight excluding hydrogens is 241 g/mol. The average Bonchev–Trinajstić information content (AvgIpc) is 2.38. The molecule has 0 saturated heterocycles. The third kappa shape index (κ3) is 1.77. The van der Waals surface area contributed by atoms with Crippen LogP contribution in [0.15, 0.2) is 6.20 Å². The van der Waals surface area contributed by atoms with E-state index in [0.717, 1.165) is 0 Å². The fourth-order valence-corrected chi connectivity index (χ4v) is 1.75. The second-order valence-electron chi connectivity index (χ2n) is 1.52. The second-order valence-corrected chi connectivity index (χ2v) is 4.73. The van der Waals surface area contributed by atoms with Crippen LogP contribution in [0.25, 0.3) is 0 Å². The van der Waals surface area contributed by atoms with E-state index in [4.69, 9.17) is 5.11 Å². The van der Waals surface area contributed by atoms with Gasteiger partial charge >= 0.3 is 66.8 Å². The minimum absolute atomic E-state index is 0.0229. The van der Waals surface area contributed by atoms with Gasteiger partial charge in [0.05, 0.1) is 0 Å². The molecule has 0 bridgehead atoms. The number of aliphatic hydroxyl groups excluding tert-OH is 1. The van der Waals surface area contributed by atoms with Crippen molar-refractivity contribution in [3.63, 3.8) is 0 Å². The van der Waals surface area contributed by atoms with Crippen LogP contribution in [0.4, 0.5) is 0 Å². The molecule has 1 aromatic rings. The van der Waals surface area contributed by atoms with E-state index in [1.807, 2.05) is 0 Å². The number of nitrogens with zero attached hydrogens (tertiary/aromatic N) is 2. The van der Waals surface area contributed by atoms with Crippen LogP contribution in [0, 0.1) is 0 Å². The van der Waals surface area contributed by atoms with E-state index in [1.54, 1.807) is 0 Å². The van der Waals surface area contributed by atoms with Crippen molar-refractivity contribution in [1.82, 2.24) is 15.4 Å². The summed E-state index contributed by atoms with van der Waals surface area (Å²) >= 11 is -1.28. The predicted octanol–water partition coefficient (Wildman–Crippen LogP) is -1.40. The van der Waals surface area contributed by atoms with Gasteiger partial charge in [-0.25, -0.2) is 0 Å². The quantitative estimate of drug-likeness (QED) is 0.642. The summed E-state index contributed by atoms with van der Waals surface area (Å²) in [6, 6.07) is 0. The van der Waals surface area contributed by atoms with E-state index in [9.17, 15) is 4.79 Å². The number of nitrogens with one attached hydrogen (secondary N) is 1. The number of hydrogen-bond donors (Lipinski definition) is 2. The van der Waals surface area contributed by atoms with Crippen LogP contribution in [0.2, 0.25) is 0 Å². The number of H-pyrrole nitrogens is 1. The topological polar surface area (TPSA) is 78.9 Å². The summed E-state index contributed by atoms with van der Waals surface area (Å²) in [5.74, 6) is 0. The molecule has 52 valence electrons. The average molecular weight is 246 g/mol. The SMILES string of the molecule is O=[C]([Sn][CH2]O)c1c[nH]nn1. The van der Waals surface area contributed by atoms with E-state index < -0.39 is 21.1 Å². The number of aromatic amines is 1. The van der Waals surface area contributed by atoms with Crippen molar-refractivity contribution in [2.24, 2.45) is 0 Å². The molecule has 6 heteroatoms. The van der Waals surface area contributed by atoms with Crippen LogP contribution in [0.5, 0.6) is 0 Å². The van der Waals surface area contributed by atoms with E-state index in [2.05, 4.69) is 15.4 Å². The number of carbonyl (C=O) groups excluding carboxylic acids is 1. The Bertz CT molecular complexity index is 210. The van der Waals surface area contributed by atoms with Crippen molar-refractivity contribution >= 4 is 24.9 Å². The fraction of sp³-hybridized carbons (Fsp3) is 0.250. The maximum atomic E-state index is 10.9. The predicted molar refractivity (Wildman–Crippen MR) is 33.6 cm³/mol. The third-order valence-corrected chi connectivity index (χ3v) is 2.99. The molecule has 2 radical (unpaired) electrons. The van der Waals surface area contributed by atoms with E-state index in [0.29, 0.717) is 5.69 Å². The van der Waals surface area contributed by atoms with Crippen molar-refractivity contribution in [3.05, 3.63) is 11.9 Å². The first-order valence-electron chi connectivity index (χ1n) is 2.60. The van der Waals surface area contributed by atoms with E-state index in [1.165, 1.54) is 6.20 Å². The maximum absolute atomic E-state index is 10.9. The van der Waals surface area contributed by atoms with Gasteiger partial charge in [-0.05, 0) is 0 Å². The second kappa shape index (κ2) is 3.67. The monoisotopic (exact) mass is 247 g/mol. The Morgan fingerprint density at radius 1 is 1.90 bits per heavy atom. The fourth-order valence-electron chi connectivity index (χ4n) is 0.475. The summed E-state index contributed by atoms with van der Waals surface area (Å²) in [4.78, 5) is 10.9. The standard InChI is InChI=1S/C3H2N3O.CH3O.Sn/c7-2-3-1-4-6-5-3;1-2;/h1H,(H,4,5,6);2H,1H2;. The molecule has 0 fully saturated rings. The zero-order valence-electron chi connectivity index (χ0n) is 5.03. The van der Waals surface area contributed by atoms with Crippen LogP contribution < -0.4 is 0 Å². The zero-order chi connectivity index (χ0) is 7.40. The van der Waals surface area contributed by atoms with Crippen molar-refractivity contribution in [3.8, 4) is 0 Å². The molecule has 0 unspecified atom stereocenters. The Hall–Kier alpha value is -0.431. The summed E-state index contributed by atoms with van der Waals surface area (Å²) in [5.41, 5.74) is 0.348. The number of aromatic nitrogens is 3. The van der Waals surface area contributed by atoms with Crippen LogP contribution in [-0.2, 0) is 0 Å². The molecule has 0 spiro atoms. The van der Waals surface area contributed by atoms with Gasteiger partial charge in [0, 0.05) is 0 Å². The number of aliphatic hydroxyl groups is 1. The van der Waals surface area contributed by atoms with Crippen molar-refractivity contribution in [1.29, 1.82) is 0 Å². The molecule has 0 amide bonds. The molecule has 5 nitrogen and oxygen atoms in total. The molecule has 0 atom stereocenters. The van der Waals surface area contributed by atoms with Crippen molar-refractivity contribution in [2.45, 2.75) is 0 Å². The molecular formula is C4H5N3O2Sn. The van der Waals surface area contributed by atoms with Gasteiger partial charge in [-0.1, -0.05) is 0 Å². The van der Waals surface area contributed by atoms with Gasteiger partial charge in [-0.3, -0.25) is 0 Å². The van der Waals surface area contributed by atoms with Gasteiger partial charge in [0.2, 0.25) is 0 Å². The van der Waals surface area contributed by atoms with Crippen LogP contribution >= 0.6 is 0 Å². The van der Waals surface area contributed by atoms with Gasteiger partial charge in [0.15, 0.2) is 0 Å². The van der Waals surface area contributed by atoms with E-state index >= 15 is 0 Å². The first-order valence-corrected chi connectivity index (χ1v) is 6.04. The molecule has 2 N–H and O–H groups in total. The molecule has 10 heavy (non-hydrogen) atoms. The molecule has 0 aliphatic rings. The molecule has 0 aliphatic carbocycles. The minimum atomic E-state index is -1.28. The zero-order valence-corrected chi connectivity index (χ0v) is 7.89. The summed E-state index contributed by atoms with van der Waals surface area (Å²) in [6.45, 7) is 0. The third-order valence-electron chi connectivity index (χ3n) is 0.889. The van der Waals surface area contributed by atoms with Crippen molar-refractivity contribution < 1.29 is 9.90 Å². The van der Waals surface area contributed by atoms with Gasteiger partial charge in [-0.2, -0.15) is 0 Å². The molecule has 0 aromatic carbocycles. The molecule has 0 saturated carbocycles. The summed E-state index contributed by atoms with van der Waals surface area (Å²) in [6.07, 6.45) is 1.44. The van der Waals surface area contributed by atoms with E-state index in [-0.39, 0.29) is 8.42 Å². The number of carbonyl (C=O) groups is 1. The van der Waals surface area contributed by atoms with Gasteiger partial charge in [0.1, 0.15) is 0 Å². The Labute approximate surface area is 67.0 Å². The Morgan fingerprint density at radius 3 is 3.20 bits per heavy atom. The Morgan fingerprint density at radius 2 is 2.70 bits per heavy atom. The van der Waals surface area contributed by atoms with Gasteiger partial charge in [-0.15, -0.1) is 0 Å². The van der Waals surface area contributed by atoms with Gasteiger partial charge < -0.3 is 0 Å². The van der Waals surface area contributed by atoms with Crippen LogP contribution in [-0.4, -0.2) is 50.1 Å². The van der Waals surface area contributed by atoms with Crippen molar-refractivity contribution in [2.75, 3.05) is 4.62 Å². The number of hydrogen-bond acceptors (Lipinski definition) is 4. The molecule has 1 aromatic heterocycles. The normalized spacial score (nSPS) is 9.70. The molecule has 1 heterocycles. The summed E-state index contributed by atoms with van der Waals surface area (Å²) in [7, 11) is 0. The van der Waals surface area contributed by atoms with Gasteiger partial charge in [0.25, 0.3) is 0 Å². The first-order chi connectivity index (χ1) is 4.84. The Kier molecular flexibility index (Phi) is 2.81.